The minimum atomic E-state index is -4.38. The average Bonchev–Trinajstić information content (AvgIpc) is 2.03. The molecule has 0 radical (unpaired) electrons. The van der Waals surface area contributed by atoms with Crippen LogP contribution >= 0.6 is 15.9 Å². The van der Waals surface area contributed by atoms with E-state index in [0.29, 0.717) is 0 Å². The molecular weight excluding hydrogens is 251 g/mol. The molecule has 0 spiro atoms. The molecule has 6 heteroatoms. The molecular formula is C7H7BrF3NO. The van der Waals surface area contributed by atoms with Crippen molar-refractivity contribution in [3.05, 3.63) is 23.9 Å². The fraction of sp³-hybridized carbons (Fsp3) is 0.429. The summed E-state index contributed by atoms with van der Waals surface area (Å²) in [4.78, 5) is 0. The summed E-state index contributed by atoms with van der Waals surface area (Å²) >= 11 is 2.94. The van der Waals surface area contributed by atoms with Gasteiger partial charge in [0.15, 0.2) is 0 Å². The van der Waals surface area contributed by atoms with Gasteiger partial charge < -0.3 is 10.4 Å². The first kappa shape index (κ1) is 10.6. The van der Waals surface area contributed by atoms with Crippen LogP contribution in [-0.4, -0.2) is 22.3 Å². The fourth-order valence-corrected chi connectivity index (χ4v) is 1.25. The quantitative estimate of drug-likeness (QED) is 0.554. The van der Waals surface area contributed by atoms with Crippen molar-refractivity contribution in [1.82, 2.24) is 5.32 Å². The average molecular weight is 258 g/mol. The molecule has 0 saturated heterocycles. The summed E-state index contributed by atoms with van der Waals surface area (Å²) in [7, 11) is 0. The fourth-order valence-electron chi connectivity index (χ4n) is 0.874. The van der Waals surface area contributed by atoms with E-state index in [9.17, 15) is 13.2 Å². The molecule has 0 saturated carbocycles. The van der Waals surface area contributed by atoms with E-state index in [1.54, 1.807) is 0 Å². The van der Waals surface area contributed by atoms with Gasteiger partial charge in [-0.3, -0.25) is 0 Å². The zero-order valence-electron chi connectivity index (χ0n) is 6.40. The molecule has 0 aliphatic carbocycles. The molecule has 13 heavy (non-hydrogen) atoms. The Morgan fingerprint density at radius 1 is 1.54 bits per heavy atom. The molecule has 1 atom stereocenters. The lowest BCUT2D eigenvalue weighted by Crippen LogP contribution is -2.40. The number of hydrogen-bond donors (Lipinski definition) is 2. The number of nitrogens with one attached hydrogen (secondary N) is 1. The van der Waals surface area contributed by atoms with Crippen LogP contribution in [0.4, 0.5) is 13.2 Å². The minimum absolute atomic E-state index is 0.461. The highest BCUT2D eigenvalue weighted by molar-refractivity contribution is 9.10. The molecule has 0 aromatic carbocycles. The molecule has 0 amide bonds. The van der Waals surface area contributed by atoms with E-state index in [4.69, 9.17) is 5.11 Å². The number of rotatable bonds is 1. The highest BCUT2D eigenvalue weighted by Gasteiger charge is 2.36. The van der Waals surface area contributed by atoms with Crippen LogP contribution in [0.15, 0.2) is 23.9 Å². The third-order valence-electron chi connectivity index (χ3n) is 1.53. The molecule has 1 heterocycles. The van der Waals surface area contributed by atoms with E-state index in [1.165, 1.54) is 0 Å². The Kier molecular flexibility index (Phi) is 2.72. The van der Waals surface area contributed by atoms with Crippen molar-refractivity contribution < 1.29 is 18.3 Å². The van der Waals surface area contributed by atoms with Crippen molar-refractivity contribution >= 4 is 15.9 Å². The Labute approximate surface area is 81.3 Å². The number of allylic oxidation sites excluding steroid dienone is 2. The first-order valence-corrected chi connectivity index (χ1v) is 4.21. The molecule has 1 rings (SSSR count). The van der Waals surface area contributed by atoms with Crippen LogP contribution in [0.5, 0.6) is 0 Å². The van der Waals surface area contributed by atoms with Crippen LogP contribution in [-0.2, 0) is 0 Å². The molecule has 2 N–H and O–H groups in total. The van der Waals surface area contributed by atoms with Gasteiger partial charge in [0, 0.05) is 0 Å². The maximum absolute atomic E-state index is 12.2. The van der Waals surface area contributed by atoms with Crippen molar-refractivity contribution in [3.8, 4) is 0 Å². The van der Waals surface area contributed by atoms with Gasteiger partial charge in [0.25, 0.3) is 0 Å². The Morgan fingerprint density at radius 2 is 2.15 bits per heavy atom. The third kappa shape index (κ3) is 2.47. The van der Waals surface area contributed by atoms with Crippen molar-refractivity contribution in [1.29, 1.82) is 0 Å². The predicted molar refractivity (Wildman–Crippen MR) is 45.2 cm³/mol. The number of halogens is 4. The lowest BCUT2D eigenvalue weighted by atomic mass is 10.1. The van der Waals surface area contributed by atoms with Crippen LogP contribution in [0.25, 0.3) is 0 Å². The van der Waals surface area contributed by atoms with E-state index in [0.717, 1.165) is 18.4 Å². The summed E-state index contributed by atoms with van der Waals surface area (Å²) in [6, 6.07) is 0. The van der Waals surface area contributed by atoms with E-state index >= 15 is 0 Å². The standard InChI is InChI=1S/C7H7BrF3NO/c8-6(4-13)3-5(1-2-12-6)7(9,10)11/h1-3,12-13H,4H2. The van der Waals surface area contributed by atoms with Crippen LogP contribution in [0.2, 0.25) is 0 Å². The lowest BCUT2D eigenvalue weighted by molar-refractivity contribution is -0.0889. The third-order valence-corrected chi connectivity index (χ3v) is 2.24. The summed E-state index contributed by atoms with van der Waals surface area (Å²) in [5.74, 6) is 0. The summed E-state index contributed by atoms with van der Waals surface area (Å²) in [6.45, 7) is -0.461. The predicted octanol–water partition coefficient (Wildman–Crippen LogP) is 1.68. The Bertz CT molecular complexity index is 261. The van der Waals surface area contributed by atoms with E-state index < -0.39 is 22.8 Å². The van der Waals surface area contributed by atoms with Crippen LogP contribution in [0.1, 0.15) is 0 Å². The van der Waals surface area contributed by atoms with Crippen molar-refractivity contribution in [3.63, 3.8) is 0 Å². The zero-order valence-corrected chi connectivity index (χ0v) is 7.98. The minimum Gasteiger partial charge on any atom is -0.393 e. The highest BCUT2D eigenvalue weighted by atomic mass is 79.9. The topological polar surface area (TPSA) is 32.3 Å². The Hall–Kier alpha value is -0.490. The number of dihydropyridines is 1. The molecule has 2 nitrogen and oxygen atoms in total. The summed E-state index contributed by atoms with van der Waals surface area (Å²) in [5, 5.41) is 11.3. The van der Waals surface area contributed by atoms with Gasteiger partial charge in [0.2, 0.25) is 0 Å². The van der Waals surface area contributed by atoms with Gasteiger partial charge in [-0.25, -0.2) is 0 Å². The SMILES string of the molecule is OCC1(Br)C=C(C(F)(F)F)C=CN1. The molecule has 1 unspecified atom stereocenters. The number of aliphatic hydroxyl groups excluding tert-OH is 1. The second-order valence-electron chi connectivity index (χ2n) is 2.60. The molecule has 0 aromatic heterocycles. The smallest absolute Gasteiger partial charge is 0.393 e. The summed E-state index contributed by atoms with van der Waals surface area (Å²) in [5.41, 5.74) is -0.780. The molecule has 0 bridgehead atoms. The Morgan fingerprint density at radius 3 is 2.62 bits per heavy atom. The van der Waals surface area contributed by atoms with Gasteiger partial charge in [-0.1, -0.05) is 15.9 Å². The largest absolute Gasteiger partial charge is 0.416 e. The van der Waals surface area contributed by atoms with Crippen LogP contribution in [0, 0.1) is 0 Å². The highest BCUT2D eigenvalue weighted by Crippen LogP contribution is 2.32. The van der Waals surface area contributed by atoms with Gasteiger partial charge in [-0.2, -0.15) is 13.2 Å². The van der Waals surface area contributed by atoms with Gasteiger partial charge in [0.1, 0.15) is 4.45 Å². The Balaban J connectivity index is 2.93. The molecule has 74 valence electrons. The molecule has 1 aliphatic rings. The van der Waals surface area contributed by atoms with Crippen LogP contribution < -0.4 is 5.32 Å². The van der Waals surface area contributed by atoms with E-state index in [1.807, 2.05) is 0 Å². The van der Waals surface area contributed by atoms with Gasteiger partial charge >= 0.3 is 6.18 Å². The maximum atomic E-state index is 12.2. The lowest BCUT2D eigenvalue weighted by Gasteiger charge is -2.26. The van der Waals surface area contributed by atoms with Gasteiger partial charge in [-0.05, 0) is 18.4 Å². The zero-order chi connectivity index (χ0) is 10.1. The van der Waals surface area contributed by atoms with E-state index in [2.05, 4.69) is 21.2 Å². The summed E-state index contributed by atoms with van der Waals surface area (Å²) < 4.78 is 35.3. The van der Waals surface area contributed by atoms with Crippen molar-refractivity contribution in [2.75, 3.05) is 6.61 Å². The van der Waals surface area contributed by atoms with Crippen molar-refractivity contribution in [2.45, 2.75) is 10.6 Å². The summed E-state index contributed by atoms with van der Waals surface area (Å²) in [6.07, 6.45) is -1.43. The normalized spacial score (nSPS) is 28.2. The van der Waals surface area contributed by atoms with Crippen molar-refractivity contribution in [2.24, 2.45) is 0 Å². The van der Waals surface area contributed by atoms with Gasteiger partial charge in [0.05, 0.1) is 12.2 Å². The monoisotopic (exact) mass is 257 g/mol. The number of aliphatic hydroxyl groups is 1. The van der Waals surface area contributed by atoms with Crippen LogP contribution in [0.3, 0.4) is 0 Å². The second kappa shape index (κ2) is 3.34. The maximum Gasteiger partial charge on any atom is 0.416 e. The first-order valence-electron chi connectivity index (χ1n) is 3.41. The van der Waals surface area contributed by atoms with Gasteiger partial charge in [-0.15, -0.1) is 0 Å². The second-order valence-corrected chi connectivity index (χ2v) is 4.01. The molecule has 0 aromatic rings. The molecule has 1 aliphatic heterocycles. The number of alkyl halides is 4. The van der Waals surface area contributed by atoms with E-state index in [-0.39, 0.29) is 0 Å². The number of hydrogen-bond acceptors (Lipinski definition) is 2. The first-order chi connectivity index (χ1) is 5.87. The molecule has 0 fully saturated rings.